The lowest BCUT2D eigenvalue weighted by atomic mass is 10.0. The van der Waals surface area contributed by atoms with Crippen LogP contribution in [-0.2, 0) is 4.74 Å². The second-order valence-corrected chi connectivity index (χ2v) is 4.68. The molecule has 0 spiro atoms. The third kappa shape index (κ3) is 5.66. The summed E-state index contributed by atoms with van der Waals surface area (Å²) in [5, 5.41) is 9.67. The van der Waals surface area contributed by atoms with Crippen molar-refractivity contribution in [3.8, 4) is 0 Å². The van der Waals surface area contributed by atoms with Gasteiger partial charge in [-0.2, -0.15) is 0 Å². The number of allylic oxidation sites excluding steroid dienone is 1. The minimum absolute atomic E-state index is 0.0515. The number of rotatable bonds is 7. The Morgan fingerprint density at radius 1 is 1.25 bits per heavy atom. The zero-order valence-corrected chi connectivity index (χ0v) is 10.5. The first-order chi connectivity index (χ1) is 7.84. The van der Waals surface area contributed by atoms with Crippen molar-refractivity contribution in [1.82, 2.24) is 0 Å². The molecule has 2 nitrogen and oxygen atoms in total. The van der Waals surface area contributed by atoms with Crippen LogP contribution in [0, 0.1) is 0 Å². The summed E-state index contributed by atoms with van der Waals surface area (Å²) in [5.41, 5.74) is 0. The van der Waals surface area contributed by atoms with Crippen molar-refractivity contribution in [2.75, 3.05) is 6.61 Å². The molecule has 0 amide bonds. The molecule has 1 heterocycles. The lowest BCUT2D eigenvalue weighted by molar-refractivity contribution is -0.0484. The van der Waals surface area contributed by atoms with Crippen molar-refractivity contribution >= 4 is 0 Å². The molecule has 94 valence electrons. The molecule has 1 saturated heterocycles. The van der Waals surface area contributed by atoms with Gasteiger partial charge in [-0.05, 0) is 25.7 Å². The summed E-state index contributed by atoms with van der Waals surface area (Å²) in [5.74, 6) is 0. The number of unbranched alkanes of at least 4 members (excludes halogenated alkanes) is 5. The largest absolute Gasteiger partial charge is 0.390 e. The third-order valence-electron chi connectivity index (χ3n) is 3.13. The average Bonchev–Trinajstić information content (AvgIpc) is 2.30. The molecule has 0 aromatic carbocycles. The summed E-state index contributed by atoms with van der Waals surface area (Å²) in [6.45, 7) is 3.03. The fourth-order valence-corrected chi connectivity index (χ4v) is 2.07. The second-order valence-electron chi connectivity index (χ2n) is 4.68. The molecule has 1 rings (SSSR count). The predicted octanol–water partition coefficient (Wildman–Crippen LogP) is 3.44. The van der Waals surface area contributed by atoms with Crippen molar-refractivity contribution in [2.45, 2.75) is 70.5 Å². The van der Waals surface area contributed by atoms with Gasteiger partial charge in [0.15, 0.2) is 0 Å². The Morgan fingerprint density at radius 2 is 2.06 bits per heavy atom. The summed E-state index contributed by atoms with van der Waals surface area (Å²) < 4.78 is 5.50. The van der Waals surface area contributed by atoms with Gasteiger partial charge in [-0.25, -0.2) is 0 Å². The smallest absolute Gasteiger partial charge is 0.101 e. The van der Waals surface area contributed by atoms with Crippen LogP contribution in [-0.4, -0.2) is 23.9 Å². The number of hydrogen-bond donors (Lipinski definition) is 1. The first-order valence-corrected chi connectivity index (χ1v) is 6.81. The lowest BCUT2D eigenvalue weighted by Crippen LogP contribution is -2.32. The summed E-state index contributed by atoms with van der Waals surface area (Å²) in [7, 11) is 0. The van der Waals surface area contributed by atoms with Crippen molar-refractivity contribution < 1.29 is 9.84 Å². The zero-order chi connectivity index (χ0) is 11.6. The van der Waals surface area contributed by atoms with E-state index in [9.17, 15) is 5.11 Å². The molecule has 1 fully saturated rings. The van der Waals surface area contributed by atoms with Gasteiger partial charge < -0.3 is 9.84 Å². The van der Waals surface area contributed by atoms with Crippen LogP contribution in [0.15, 0.2) is 12.2 Å². The number of aliphatic hydroxyl groups excluding tert-OH is 1. The first kappa shape index (κ1) is 13.7. The van der Waals surface area contributed by atoms with Crippen molar-refractivity contribution in [2.24, 2.45) is 0 Å². The molecule has 1 aliphatic heterocycles. The van der Waals surface area contributed by atoms with Gasteiger partial charge in [-0.15, -0.1) is 0 Å². The quantitative estimate of drug-likeness (QED) is 0.532. The molecule has 0 bridgehead atoms. The Kier molecular flexibility index (Phi) is 7.52. The van der Waals surface area contributed by atoms with Crippen LogP contribution in [0.3, 0.4) is 0 Å². The molecule has 0 aromatic rings. The summed E-state index contributed by atoms with van der Waals surface area (Å²) >= 11 is 0. The average molecular weight is 226 g/mol. The Balaban J connectivity index is 2.02. The fraction of sp³-hybridized carbons (Fsp3) is 0.857. The van der Waals surface area contributed by atoms with E-state index < -0.39 is 0 Å². The molecule has 0 radical (unpaired) electrons. The minimum atomic E-state index is -0.287. The monoisotopic (exact) mass is 226 g/mol. The molecule has 2 unspecified atom stereocenters. The van der Waals surface area contributed by atoms with Gasteiger partial charge in [-0.3, -0.25) is 0 Å². The molecule has 0 aliphatic carbocycles. The second kappa shape index (κ2) is 8.77. The normalized spacial score (nSPS) is 26.4. The first-order valence-electron chi connectivity index (χ1n) is 6.81. The molecular formula is C14H26O2. The van der Waals surface area contributed by atoms with E-state index >= 15 is 0 Å². The fourth-order valence-electron chi connectivity index (χ4n) is 2.07. The highest BCUT2D eigenvalue weighted by atomic mass is 16.5. The van der Waals surface area contributed by atoms with Crippen LogP contribution in [0.25, 0.3) is 0 Å². The molecule has 0 aromatic heterocycles. The number of aliphatic hydroxyl groups is 1. The van der Waals surface area contributed by atoms with Crippen molar-refractivity contribution in [3.05, 3.63) is 12.2 Å². The maximum Gasteiger partial charge on any atom is 0.101 e. The van der Waals surface area contributed by atoms with E-state index in [1.165, 1.54) is 32.1 Å². The maximum absolute atomic E-state index is 9.67. The van der Waals surface area contributed by atoms with E-state index in [1.807, 2.05) is 6.08 Å². The van der Waals surface area contributed by atoms with Crippen LogP contribution in [0.4, 0.5) is 0 Å². The van der Waals surface area contributed by atoms with Gasteiger partial charge in [0.05, 0.1) is 6.10 Å². The van der Waals surface area contributed by atoms with E-state index in [0.29, 0.717) is 0 Å². The highest BCUT2D eigenvalue weighted by Crippen LogP contribution is 2.15. The van der Waals surface area contributed by atoms with E-state index in [1.54, 1.807) is 0 Å². The number of ether oxygens (including phenoxy) is 1. The van der Waals surface area contributed by atoms with Gasteiger partial charge in [0.2, 0.25) is 0 Å². The molecule has 0 saturated carbocycles. The van der Waals surface area contributed by atoms with E-state index in [-0.39, 0.29) is 12.2 Å². The van der Waals surface area contributed by atoms with Gasteiger partial charge >= 0.3 is 0 Å². The molecule has 1 aliphatic rings. The Hall–Kier alpha value is -0.340. The third-order valence-corrected chi connectivity index (χ3v) is 3.13. The molecule has 2 heteroatoms. The van der Waals surface area contributed by atoms with Crippen LogP contribution in [0.1, 0.15) is 58.3 Å². The van der Waals surface area contributed by atoms with Crippen LogP contribution in [0.2, 0.25) is 0 Å². The Labute approximate surface area is 99.7 Å². The van der Waals surface area contributed by atoms with E-state index in [0.717, 1.165) is 25.9 Å². The number of hydrogen-bond acceptors (Lipinski definition) is 2. The maximum atomic E-state index is 9.67. The van der Waals surface area contributed by atoms with Crippen molar-refractivity contribution in [3.63, 3.8) is 0 Å². The topological polar surface area (TPSA) is 29.5 Å². The summed E-state index contributed by atoms with van der Waals surface area (Å²) in [4.78, 5) is 0. The van der Waals surface area contributed by atoms with Gasteiger partial charge in [0.1, 0.15) is 6.10 Å². The Bertz CT molecular complexity index is 189. The van der Waals surface area contributed by atoms with Gasteiger partial charge in [0.25, 0.3) is 0 Å². The minimum Gasteiger partial charge on any atom is -0.390 e. The lowest BCUT2D eigenvalue weighted by Gasteiger charge is -2.25. The zero-order valence-electron chi connectivity index (χ0n) is 10.5. The highest BCUT2D eigenvalue weighted by Gasteiger charge is 2.20. The van der Waals surface area contributed by atoms with E-state index in [2.05, 4.69) is 13.0 Å². The van der Waals surface area contributed by atoms with Crippen LogP contribution >= 0.6 is 0 Å². The SMILES string of the molecule is CCCCCCC/C=C\C1OCCCC1O. The molecule has 1 N–H and O–H groups in total. The van der Waals surface area contributed by atoms with Gasteiger partial charge in [0, 0.05) is 6.61 Å². The van der Waals surface area contributed by atoms with E-state index in [4.69, 9.17) is 4.74 Å². The van der Waals surface area contributed by atoms with Crippen molar-refractivity contribution in [1.29, 1.82) is 0 Å². The molecular weight excluding hydrogens is 200 g/mol. The Morgan fingerprint density at radius 3 is 2.81 bits per heavy atom. The van der Waals surface area contributed by atoms with Crippen LogP contribution < -0.4 is 0 Å². The molecule has 2 atom stereocenters. The predicted molar refractivity (Wildman–Crippen MR) is 67.5 cm³/mol. The summed E-state index contributed by atoms with van der Waals surface area (Å²) in [6.07, 6.45) is 13.5. The summed E-state index contributed by atoms with van der Waals surface area (Å²) in [6, 6.07) is 0. The van der Waals surface area contributed by atoms with Gasteiger partial charge in [-0.1, -0.05) is 44.8 Å². The molecule has 16 heavy (non-hydrogen) atoms. The standard InChI is InChI=1S/C14H26O2/c1-2-3-4-5-6-7-8-11-14-13(15)10-9-12-16-14/h8,11,13-15H,2-7,9-10,12H2,1H3/b11-8-. The van der Waals surface area contributed by atoms with Crippen LogP contribution in [0.5, 0.6) is 0 Å². The highest BCUT2D eigenvalue weighted by molar-refractivity contribution is 4.94.